The molecular formula is C22H32N2O3. The normalized spacial score (nSPS) is 18.6. The molecule has 1 amide bonds. The van der Waals surface area contributed by atoms with E-state index in [0.717, 1.165) is 48.2 Å². The summed E-state index contributed by atoms with van der Waals surface area (Å²) in [7, 11) is 2.14. The van der Waals surface area contributed by atoms with E-state index < -0.39 is 0 Å². The molecule has 2 heterocycles. The molecule has 1 fully saturated rings. The van der Waals surface area contributed by atoms with Crippen LogP contribution >= 0.6 is 0 Å². The molecule has 0 radical (unpaired) electrons. The van der Waals surface area contributed by atoms with Crippen LogP contribution in [0.3, 0.4) is 0 Å². The summed E-state index contributed by atoms with van der Waals surface area (Å²) in [6.07, 6.45) is 2.84. The first-order chi connectivity index (χ1) is 12.8. The lowest BCUT2D eigenvalue weighted by Crippen LogP contribution is -2.48. The number of hydrogen-bond acceptors (Lipinski definition) is 4. The first-order valence-electron chi connectivity index (χ1n) is 10.1. The Balaban J connectivity index is 1.91. The zero-order valence-corrected chi connectivity index (χ0v) is 17.4. The molecule has 0 unspecified atom stereocenters. The molecule has 0 aromatic heterocycles. The Labute approximate surface area is 162 Å². The van der Waals surface area contributed by atoms with Gasteiger partial charge < -0.3 is 14.5 Å². The largest absolute Gasteiger partial charge is 0.466 e. The summed E-state index contributed by atoms with van der Waals surface area (Å²) in [5.41, 5.74) is 6.93. The van der Waals surface area contributed by atoms with Crippen molar-refractivity contribution in [1.82, 2.24) is 9.80 Å². The second-order valence-corrected chi connectivity index (χ2v) is 8.03. The number of fused-ring (bicyclic) bond motifs is 1. The minimum atomic E-state index is -0.196. The van der Waals surface area contributed by atoms with Crippen molar-refractivity contribution in [1.29, 1.82) is 0 Å². The van der Waals surface area contributed by atoms with E-state index in [1.54, 1.807) is 0 Å². The summed E-state index contributed by atoms with van der Waals surface area (Å²) in [6, 6.07) is 0.348. The van der Waals surface area contributed by atoms with Crippen molar-refractivity contribution in [3.05, 3.63) is 33.4 Å². The van der Waals surface area contributed by atoms with Crippen molar-refractivity contribution >= 4 is 11.9 Å². The third-order valence-corrected chi connectivity index (χ3v) is 6.47. The third-order valence-electron chi connectivity index (χ3n) is 6.47. The molecule has 0 spiro atoms. The van der Waals surface area contributed by atoms with Gasteiger partial charge in [-0.2, -0.15) is 0 Å². The van der Waals surface area contributed by atoms with Gasteiger partial charge in [-0.3, -0.25) is 9.59 Å². The predicted octanol–water partition coefficient (Wildman–Crippen LogP) is 2.70. The summed E-state index contributed by atoms with van der Waals surface area (Å²) in [6.45, 7) is 11.3. The molecule has 5 nitrogen and oxygen atoms in total. The van der Waals surface area contributed by atoms with Gasteiger partial charge >= 0.3 is 5.97 Å². The van der Waals surface area contributed by atoms with Crippen molar-refractivity contribution in [2.24, 2.45) is 0 Å². The number of hydrogen-bond donors (Lipinski definition) is 0. The molecule has 0 atom stereocenters. The Morgan fingerprint density at radius 1 is 1.07 bits per heavy atom. The molecule has 1 aromatic carbocycles. The van der Waals surface area contributed by atoms with Crippen molar-refractivity contribution in [2.45, 2.75) is 66.0 Å². The van der Waals surface area contributed by atoms with E-state index in [0.29, 0.717) is 25.6 Å². The van der Waals surface area contributed by atoms with E-state index in [4.69, 9.17) is 4.74 Å². The number of benzene rings is 1. The van der Waals surface area contributed by atoms with Gasteiger partial charge in [0.2, 0.25) is 5.91 Å². The standard InChI is InChI=1S/C22H32N2O3/c1-6-27-22(26)12-18-14(2)15(3)20-13-24(17-7-9-23(5)10-8-17)21(25)11-19(20)16(18)4/h17H,6-13H2,1-5H3. The maximum atomic E-state index is 12.9. The van der Waals surface area contributed by atoms with E-state index in [9.17, 15) is 9.59 Å². The van der Waals surface area contributed by atoms with Crippen LogP contribution in [-0.2, 0) is 33.7 Å². The Morgan fingerprint density at radius 3 is 2.37 bits per heavy atom. The van der Waals surface area contributed by atoms with Crippen LogP contribution in [0.1, 0.15) is 53.1 Å². The average molecular weight is 373 g/mol. The highest BCUT2D eigenvalue weighted by atomic mass is 16.5. The lowest BCUT2D eigenvalue weighted by atomic mass is 9.83. The number of rotatable bonds is 4. The summed E-state index contributed by atoms with van der Waals surface area (Å²) in [5, 5.41) is 0. The highest BCUT2D eigenvalue weighted by Gasteiger charge is 2.33. The molecular weight excluding hydrogens is 340 g/mol. The van der Waals surface area contributed by atoms with Gasteiger partial charge in [0.05, 0.1) is 19.4 Å². The molecule has 27 heavy (non-hydrogen) atoms. The molecule has 0 aliphatic carbocycles. The zero-order chi connectivity index (χ0) is 19.7. The predicted molar refractivity (Wildman–Crippen MR) is 106 cm³/mol. The first kappa shape index (κ1) is 19.9. The average Bonchev–Trinajstić information content (AvgIpc) is 2.64. The number of ether oxygens (including phenoxy) is 1. The molecule has 2 aliphatic heterocycles. The van der Waals surface area contributed by atoms with Gasteiger partial charge in [0.15, 0.2) is 0 Å². The Morgan fingerprint density at radius 2 is 1.74 bits per heavy atom. The third kappa shape index (κ3) is 3.88. The molecule has 2 aliphatic rings. The lowest BCUT2D eigenvalue weighted by Gasteiger charge is -2.41. The van der Waals surface area contributed by atoms with Gasteiger partial charge in [-0.15, -0.1) is 0 Å². The topological polar surface area (TPSA) is 49.9 Å². The number of likely N-dealkylation sites (tertiary alicyclic amines) is 1. The molecule has 1 aromatic rings. The van der Waals surface area contributed by atoms with Crippen LogP contribution in [0, 0.1) is 20.8 Å². The number of nitrogens with zero attached hydrogens (tertiary/aromatic N) is 2. The van der Waals surface area contributed by atoms with E-state index in [2.05, 4.69) is 37.6 Å². The molecule has 5 heteroatoms. The number of amides is 1. The van der Waals surface area contributed by atoms with Crippen LogP contribution in [0.2, 0.25) is 0 Å². The van der Waals surface area contributed by atoms with Gasteiger partial charge in [-0.25, -0.2) is 0 Å². The zero-order valence-electron chi connectivity index (χ0n) is 17.4. The quantitative estimate of drug-likeness (QED) is 0.763. The van der Waals surface area contributed by atoms with Crippen LogP contribution < -0.4 is 0 Å². The first-order valence-corrected chi connectivity index (χ1v) is 10.1. The van der Waals surface area contributed by atoms with E-state index in [1.165, 1.54) is 11.1 Å². The smallest absolute Gasteiger partial charge is 0.310 e. The fourth-order valence-electron chi connectivity index (χ4n) is 4.59. The van der Waals surface area contributed by atoms with Gasteiger partial charge in [0.25, 0.3) is 0 Å². The molecule has 148 valence electrons. The van der Waals surface area contributed by atoms with Crippen LogP contribution in [0.5, 0.6) is 0 Å². The SMILES string of the molecule is CCOC(=O)Cc1c(C)c(C)c2c(c1C)CC(=O)N(C1CCN(C)CC1)C2. The van der Waals surface area contributed by atoms with E-state index in [-0.39, 0.29) is 18.3 Å². The number of carbonyl (C=O) groups is 2. The minimum absolute atomic E-state index is 0.196. The monoisotopic (exact) mass is 372 g/mol. The van der Waals surface area contributed by atoms with E-state index in [1.807, 2.05) is 6.92 Å². The Bertz CT molecular complexity index is 749. The second-order valence-electron chi connectivity index (χ2n) is 8.03. The maximum Gasteiger partial charge on any atom is 0.310 e. The Hall–Kier alpha value is -1.88. The highest BCUT2D eigenvalue weighted by molar-refractivity contribution is 5.83. The highest BCUT2D eigenvalue weighted by Crippen LogP contribution is 2.34. The van der Waals surface area contributed by atoms with Crippen molar-refractivity contribution in [2.75, 3.05) is 26.7 Å². The molecule has 0 N–H and O–H groups in total. The number of esters is 1. The molecule has 1 saturated heterocycles. The van der Waals surface area contributed by atoms with E-state index >= 15 is 0 Å². The summed E-state index contributed by atoms with van der Waals surface area (Å²) < 4.78 is 5.15. The van der Waals surface area contributed by atoms with Crippen LogP contribution in [0.15, 0.2) is 0 Å². The fraction of sp³-hybridized carbons (Fsp3) is 0.636. The van der Waals surface area contributed by atoms with Crippen molar-refractivity contribution in [3.8, 4) is 0 Å². The van der Waals surface area contributed by atoms with Crippen LogP contribution in [-0.4, -0.2) is 54.5 Å². The molecule has 3 rings (SSSR count). The van der Waals surface area contributed by atoms with Gasteiger partial charge in [0, 0.05) is 12.6 Å². The van der Waals surface area contributed by atoms with Crippen LogP contribution in [0.4, 0.5) is 0 Å². The summed E-state index contributed by atoms with van der Waals surface area (Å²) in [4.78, 5) is 29.4. The maximum absolute atomic E-state index is 12.9. The lowest BCUT2D eigenvalue weighted by molar-refractivity contribution is -0.142. The van der Waals surface area contributed by atoms with Crippen molar-refractivity contribution < 1.29 is 14.3 Å². The molecule has 0 saturated carbocycles. The Kier molecular flexibility index (Phi) is 5.89. The van der Waals surface area contributed by atoms with Gasteiger partial charge in [-0.1, -0.05) is 0 Å². The minimum Gasteiger partial charge on any atom is -0.466 e. The summed E-state index contributed by atoms with van der Waals surface area (Å²) in [5.74, 6) is 0.0311. The van der Waals surface area contributed by atoms with Crippen molar-refractivity contribution in [3.63, 3.8) is 0 Å². The number of carbonyl (C=O) groups excluding carboxylic acids is 2. The van der Waals surface area contributed by atoms with Crippen LogP contribution in [0.25, 0.3) is 0 Å². The van der Waals surface area contributed by atoms with Gasteiger partial charge in [0.1, 0.15) is 0 Å². The summed E-state index contributed by atoms with van der Waals surface area (Å²) >= 11 is 0. The molecule has 0 bridgehead atoms. The fourth-order valence-corrected chi connectivity index (χ4v) is 4.59. The number of piperidine rings is 1. The van der Waals surface area contributed by atoms with Gasteiger partial charge in [-0.05, 0) is 94.1 Å². The second kappa shape index (κ2) is 8.01.